The molecule has 1 N–H and O–H groups in total. The van der Waals surface area contributed by atoms with Gasteiger partial charge in [-0.25, -0.2) is 4.68 Å². The second-order valence-corrected chi connectivity index (χ2v) is 9.52. The van der Waals surface area contributed by atoms with Gasteiger partial charge in [0.2, 0.25) is 6.41 Å². The number of nitrogens with zero attached hydrogens (tertiary/aromatic N) is 4. The van der Waals surface area contributed by atoms with Crippen LogP contribution < -0.4 is 10.2 Å². The van der Waals surface area contributed by atoms with Gasteiger partial charge < -0.3 is 19.7 Å². The number of hydrogen-bond donors (Lipinski definition) is 1. The first-order chi connectivity index (χ1) is 16.3. The largest absolute Gasteiger partial charge is 0.381 e. The minimum atomic E-state index is -0.373. The van der Waals surface area contributed by atoms with E-state index in [2.05, 4.69) is 24.1 Å². The van der Waals surface area contributed by atoms with Gasteiger partial charge in [-0.2, -0.15) is 5.10 Å². The molecule has 1 saturated heterocycles. The zero-order chi connectivity index (χ0) is 24.3. The van der Waals surface area contributed by atoms with Gasteiger partial charge >= 0.3 is 0 Å². The Hall–Kier alpha value is -2.78. The first-order valence-corrected chi connectivity index (χ1v) is 12.1. The molecule has 2 atom stereocenters. The maximum absolute atomic E-state index is 12.9. The van der Waals surface area contributed by atoms with Crippen LogP contribution in [0.5, 0.6) is 0 Å². The summed E-state index contributed by atoms with van der Waals surface area (Å²) >= 11 is 0. The maximum Gasteiger partial charge on any atom is 0.270 e. The summed E-state index contributed by atoms with van der Waals surface area (Å²) in [6, 6.07) is 3.76. The number of aromatic nitrogens is 3. The standard InChI is InChI=1S/C25H35N5O4/c1-5-25(3)20-12-22(26-14-19(20)15-34-25)24(32)27-17(2)6-9-30-23(29(4)16-31)13-21(28-30)18-7-10-33-11-8-18/h12-14,16-18H,5-11,15H2,1-4H3,(H,27,32)/t17?,25-/m1/s1. The van der Waals surface area contributed by atoms with Gasteiger partial charge in [0, 0.05) is 56.6 Å². The van der Waals surface area contributed by atoms with Gasteiger partial charge in [-0.3, -0.25) is 14.6 Å². The van der Waals surface area contributed by atoms with E-state index in [1.807, 2.05) is 23.7 Å². The van der Waals surface area contributed by atoms with Crippen LogP contribution in [0.25, 0.3) is 0 Å². The lowest BCUT2D eigenvalue weighted by Crippen LogP contribution is -2.34. The van der Waals surface area contributed by atoms with Crippen LogP contribution in [0.3, 0.4) is 0 Å². The lowest BCUT2D eigenvalue weighted by Gasteiger charge is -2.23. The predicted molar refractivity (Wildman–Crippen MR) is 128 cm³/mol. The number of carbonyl (C=O) groups excluding carboxylic acids is 2. The molecule has 2 aliphatic rings. The molecule has 2 aromatic heterocycles. The number of rotatable bonds is 9. The Labute approximate surface area is 200 Å². The Morgan fingerprint density at radius 2 is 2.15 bits per heavy atom. The van der Waals surface area contributed by atoms with E-state index < -0.39 is 0 Å². The van der Waals surface area contributed by atoms with E-state index >= 15 is 0 Å². The maximum atomic E-state index is 12.9. The molecular formula is C25H35N5O4. The molecule has 0 radical (unpaired) electrons. The third-order valence-electron chi connectivity index (χ3n) is 7.10. The molecule has 2 amide bonds. The van der Waals surface area contributed by atoms with E-state index in [1.54, 1.807) is 18.1 Å². The van der Waals surface area contributed by atoms with E-state index in [1.165, 1.54) is 0 Å². The average Bonchev–Trinajstić information content (AvgIpc) is 3.44. The van der Waals surface area contributed by atoms with E-state index in [0.29, 0.717) is 31.2 Å². The summed E-state index contributed by atoms with van der Waals surface area (Å²) in [5, 5.41) is 7.85. The number of hydrogen-bond acceptors (Lipinski definition) is 6. The van der Waals surface area contributed by atoms with Crippen molar-refractivity contribution in [1.82, 2.24) is 20.1 Å². The van der Waals surface area contributed by atoms with Crippen molar-refractivity contribution in [3.63, 3.8) is 0 Å². The number of ether oxygens (including phenoxy) is 2. The lowest BCUT2D eigenvalue weighted by atomic mass is 9.92. The van der Waals surface area contributed by atoms with Gasteiger partial charge in [0.05, 0.1) is 17.9 Å². The fourth-order valence-corrected chi connectivity index (χ4v) is 4.63. The normalized spacial score (nSPS) is 21.2. The summed E-state index contributed by atoms with van der Waals surface area (Å²) in [7, 11) is 1.73. The molecule has 184 valence electrons. The molecule has 0 spiro atoms. The molecule has 1 fully saturated rings. The summed E-state index contributed by atoms with van der Waals surface area (Å²) in [5.41, 5.74) is 3.11. The van der Waals surface area contributed by atoms with Crippen molar-refractivity contribution in [3.05, 3.63) is 40.8 Å². The smallest absolute Gasteiger partial charge is 0.270 e. The number of amides is 2. The quantitative estimate of drug-likeness (QED) is 0.567. The summed E-state index contributed by atoms with van der Waals surface area (Å²) in [5.74, 6) is 0.901. The van der Waals surface area contributed by atoms with E-state index in [0.717, 1.165) is 61.5 Å². The van der Waals surface area contributed by atoms with Gasteiger partial charge in [0.25, 0.3) is 5.91 Å². The third-order valence-corrected chi connectivity index (χ3v) is 7.10. The van der Waals surface area contributed by atoms with Crippen LogP contribution in [0, 0.1) is 0 Å². The Morgan fingerprint density at radius 1 is 1.38 bits per heavy atom. The van der Waals surface area contributed by atoms with E-state index in [-0.39, 0.29) is 17.6 Å². The fourth-order valence-electron chi connectivity index (χ4n) is 4.63. The van der Waals surface area contributed by atoms with Crippen LogP contribution in [0.15, 0.2) is 18.3 Å². The fraction of sp³-hybridized carbons (Fsp3) is 0.600. The van der Waals surface area contributed by atoms with Crippen molar-refractivity contribution in [2.75, 3.05) is 25.2 Å². The number of nitrogens with one attached hydrogen (secondary N) is 1. The predicted octanol–water partition coefficient (Wildman–Crippen LogP) is 3.13. The zero-order valence-corrected chi connectivity index (χ0v) is 20.5. The van der Waals surface area contributed by atoms with Crippen molar-refractivity contribution >= 4 is 18.1 Å². The van der Waals surface area contributed by atoms with Crippen molar-refractivity contribution in [1.29, 1.82) is 0 Å². The van der Waals surface area contributed by atoms with E-state index in [9.17, 15) is 9.59 Å². The summed E-state index contributed by atoms with van der Waals surface area (Å²) in [4.78, 5) is 30.2. The second kappa shape index (κ2) is 10.2. The minimum absolute atomic E-state index is 0.0959. The van der Waals surface area contributed by atoms with Gasteiger partial charge in [0.1, 0.15) is 11.5 Å². The molecule has 2 aromatic rings. The molecule has 4 heterocycles. The highest BCUT2D eigenvalue weighted by Gasteiger charge is 2.35. The average molecular weight is 470 g/mol. The molecule has 4 rings (SSSR count). The van der Waals surface area contributed by atoms with Crippen LogP contribution in [0.1, 0.15) is 79.7 Å². The second-order valence-electron chi connectivity index (χ2n) is 9.52. The Bertz CT molecular complexity index is 1030. The minimum Gasteiger partial charge on any atom is -0.381 e. The van der Waals surface area contributed by atoms with Crippen LogP contribution in [0.2, 0.25) is 0 Å². The SMILES string of the molecule is CC[C@@]1(C)OCc2cnc(C(=O)NC(C)CCn3nc(C4CCOCC4)cc3N(C)C=O)cc21. The molecule has 0 saturated carbocycles. The summed E-state index contributed by atoms with van der Waals surface area (Å²) < 4.78 is 13.3. The van der Waals surface area contributed by atoms with Crippen LogP contribution in [-0.4, -0.2) is 53.4 Å². The number of carbonyl (C=O) groups is 2. The highest BCUT2D eigenvalue weighted by Crippen LogP contribution is 2.38. The van der Waals surface area contributed by atoms with Gasteiger partial charge in [0.15, 0.2) is 0 Å². The molecule has 0 aromatic carbocycles. The molecule has 2 aliphatic heterocycles. The number of anilines is 1. The molecule has 34 heavy (non-hydrogen) atoms. The highest BCUT2D eigenvalue weighted by atomic mass is 16.5. The van der Waals surface area contributed by atoms with Gasteiger partial charge in [-0.15, -0.1) is 0 Å². The van der Waals surface area contributed by atoms with Gasteiger partial charge in [-0.1, -0.05) is 6.92 Å². The molecular weight excluding hydrogens is 434 g/mol. The molecule has 9 nitrogen and oxygen atoms in total. The Morgan fingerprint density at radius 3 is 2.85 bits per heavy atom. The first kappa shape index (κ1) is 24.3. The Balaban J connectivity index is 1.40. The first-order valence-electron chi connectivity index (χ1n) is 12.1. The van der Waals surface area contributed by atoms with Crippen molar-refractivity contribution < 1.29 is 19.1 Å². The number of pyridine rings is 1. The van der Waals surface area contributed by atoms with Crippen LogP contribution >= 0.6 is 0 Å². The topological polar surface area (TPSA) is 98.6 Å². The molecule has 9 heteroatoms. The Kier molecular flexibility index (Phi) is 7.33. The molecule has 1 unspecified atom stereocenters. The summed E-state index contributed by atoms with van der Waals surface area (Å²) in [6.07, 6.45) is 5.91. The monoisotopic (exact) mass is 469 g/mol. The van der Waals surface area contributed by atoms with Crippen molar-refractivity contribution in [2.24, 2.45) is 0 Å². The number of fused-ring (bicyclic) bond motifs is 1. The lowest BCUT2D eigenvalue weighted by molar-refractivity contribution is -0.107. The van der Waals surface area contributed by atoms with Gasteiger partial charge in [-0.05, 0) is 51.2 Å². The van der Waals surface area contributed by atoms with Crippen molar-refractivity contribution in [2.45, 2.75) is 77.2 Å². The van der Waals surface area contributed by atoms with Crippen molar-refractivity contribution in [3.8, 4) is 0 Å². The van der Waals surface area contributed by atoms with Crippen LogP contribution in [0.4, 0.5) is 5.82 Å². The molecule has 0 aliphatic carbocycles. The van der Waals surface area contributed by atoms with Crippen LogP contribution in [-0.2, 0) is 33.0 Å². The zero-order valence-electron chi connectivity index (χ0n) is 20.5. The number of aryl methyl sites for hydroxylation is 1. The third kappa shape index (κ3) is 5.00. The molecule has 0 bridgehead atoms. The highest BCUT2D eigenvalue weighted by molar-refractivity contribution is 5.92. The summed E-state index contributed by atoms with van der Waals surface area (Å²) in [6.45, 7) is 8.68. The van der Waals surface area contributed by atoms with E-state index in [4.69, 9.17) is 14.6 Å².